The number of allylic oxidation sites excluding steroid dienone is 1. The average Bonchev–Trinajstić information content (AvgIpc) is 2.56. The lowest BCUT2D eigenvalue weighted by Crippen LogP contribution is -2.41. The van der Waals surface area contributed by atoms with E-state index >= 15 is 0 Å². The van der Waals surface area contributed by atoms with Crippen molar-refractivity contribution in [2.75, 3.05) is 13.6 Å². The summed E-state index contributed by atoms with van der Waals surface area (Å²) in [6, 6.07) is 1.36. The largest absolute Gasteiger partial charge is 0.394 e. The summed E-state index contributed by atoms with van der Waals surface area (Å²) in [5.74, 6) is 0.0312. The predicted molar refractivity (Wildman–Crippen MR) is 49.6 cm³/mol. The fourth-order valence-corrected chi connectivity index (χ4v) is 1.14. The minimum Gasteiger partial charge on any atom is -0.394 e. The summed E-state index contributed by atoms with van der Waals surface area (Å²) < 4.78 is 0. The van der Waals surface area contributed by atoms with Crippen molar-refractivity contribution in [2.24, 2.45) is 0 Å². The lowest BCUT2D eigenvalue weighted by Gasteiger charge is -2.16. The van der Waals surface area contributed by atoms with Crippen LogP contribution in [0.4, 0.5) is 0 Å². The molecule has 0 saturated heterocycles. The van der Waals surface area contributed by atoms with Crippen molar-refractivity contribution in [2.45, 2.75) is 19.4 Å². The van der Waals surface area contributed by atoms with Gasteiger partial charge in [-0.05, 0) is 6.42 Å². The van der Waals surface area contributed by atoms with Crippen LogP contribution in [0.3, 0.4) is 0 Å². The highest BCUT2D eigenvalue weighted by atomic mass is 16.7. The first-order valence-electron chi connectivity index (χ1n) is 4.49. The molecule has 0 fully saturated rings. The molecule has 76 valence electrons. The zero-order chi connectivity index (χ0) is 10.6. The number of hydroxylamine groups is 2. The Morgan fingerprint density at radius 2 is 2.57 bits per heavy atom. The molecule has 0 aromatic rings. The van der Waals surface area contributed by atoms with Gasteiger partial charge in [-0.2, -0.15) is 5.26 Å². The number of nitriles is 1. The Morgan fingerprint density at radius 1 is 1.86 bits per heavy atom. The Morgan fingerprint density at radius 3 is 3.07 bits per heavy atom. The number of nitrogens with zero attached hydrogens (tertiary/aromatic N) is 2. The third kappa shape index (κ3) is 2.24. The molecule has 0 aromatic carbocycles. The number of carbonyl (C=O) groups excluding carboxylic acids is 1. The second-order valence-corrected chi connectivity index (χ2v) is 3.02. The Kier molecular flexibility index (Phi) is 3.48. The summed E-state index contributed by atoms with van der Waals surface area (Å²) in [6.07, 6.45) is 2.39. The molecule has 0 saturated carbocycles. The van der Waals surface area contributed by atoms with Crippen LogP contribution in [-0.4, -0.2) is 30.6 Å². The van der Waals surface area contributed by atoms with E-state index in [1.54, 1.807) is 7.05 Å². The monoisotopic (exact) mass is 195 g/mol. The van der Waals surface area contributed by atoms with Gasteiger partial charge in [-0.15, -0.1) is 5.06 Å². The Balaban J connectivity index is 2.56. The highest BCUT2D eigenvalue weighted by molar-refractivity contribution is 5.84. The summed E-state index contributed by atoms with van der Waals surface area (Å²) in [4.78, 5) is 16.5. The molecule has 0 aliphatic carbocycles. The van der Waals surface area contributed by atoms with E-state index in [1.165, 1.54) is 11.1 Å². The van der Waals surface area contributed by atoms with Crippen LogP contribution in [0.15, 0.2) is 11.8 Å². The molecular formula is C9H13N3O2. The first-order valence-corrected chi connectivity index (χ1v) is 4.49. The zero-order valence-corrected chi connectivity index (χ0v) is 8.28. The van der Waals surface area contributed by atoms with Crippen LogP contribution in [0.5, 0.6) is 0 Å². The number of amides is 1. The number of nitrogens with one attached hydrogen (secondary N) is 1. The summed E-state index contributed by atoms with van der Waals surface area (Å²) in [5, 5.41) is 12.7. The van der Waals surface area contributed by atoms with Crippen molar-refractivity contribution < 1.29 is 9.63 Å². The van der Waals surface area contributed by atoms with Gasteiger partial charge in [0.05, 0.1) is 0 Å². The maximum absolute atomic E-state index is 11.5. The molecule has 1 unspecified atom stereocenters. The number of carbonyl (C=O) groups is 1. The second-order valence-electron chi connectivity index (χ2n) is 3.02. The molecule has 1 N–H and O–H groups in total. The van der Waals surface area contributed by atoms with Crippen molar-refractivity contribution in [1.82, 2.24) is 10.4 Å². The van der Waals surface area contributed by atoms with E-state index in [-0.39, 0.29) is 11.7 Å². The molecular weight excluding hydrogens is 182 g/mol. The van der Waals surface area contributed by atoms with Gasteiger partial charge in [0, 0.05) is 19.7 Å². The number of likely N-dealkylation sites (N-methyl/N-ethyl adjacent to an activating group) is 1. The van der Waals surface area contributed by atoms with Crippen LogP contribution in [0, 0.1) is 11.3 Å². The maximum atomic E-state index is 11.5. The fourth-order valence-electron chi connectivity index (χ4n) is 1.14. The van der Waals surface area contributed by atoms with Crippen LogP contribution in [0.2, 0.25) is 0 Å². The average molecular weight is 195 g/mol. The standard InChI is InChI=1S/C9H13N3O2/c1-3-4-11-9(13)8-5-7(6-10)14-12(8)2/h5,8H,3-4H2,1-2H3,(H,11,13). The molecule has 1 amide bonds. The third-order valence-corrected chi connectivity index (χ3v) is 1.87. The third-order valence-electron chi connectivity index (χ3n) is 1.87. The van der Waals surface area contributed by atoms with Crippen LogP contribution >= 0.6 is 0 Å². The summed E-state index contributed by atoms with van der Waals surface area (Å²) in [7, 11) is 1.62. The molecule has 1 heterocycles. The SMILES string of the molecule is CCCNC(=O)C1C=C(C#N)ON1C. The summed E-state index contributed by atoms with van der Waals surface area (Å²) in [6.45, 7) is 2.62. The van der Waals surface area contributed by atoms with E-state index < -0.39 is 6.04 Å². The normalized spacial score (nSPS) is 20.9. The van der Waals surface area contributed by atoms with Crippen molar-refractivity contribution >= 4 is 5.91 Å². The Labute approximate surface area is 82.9 Å². The molecule has 1 atom stereocenters. The minimum absolute atomic E-state index is 0.139. The molecule has 5 nitrogen and oxygen atoms in total. The van der Waals surface area contributed by atoms with Crippen molar-refractivity contribution in [3.8, 4) is 6.07 Å². The topological polar surface area (TPSA) is 65.4 Å². The van der Waals surface area contributed by atoms with Crippen LogP contribution in [0.1, 0.15) is 13.3 Å². The quantitative estimate of drug-likeness (QED) is 0.697. The highest BCUT2D eigenvalue weighted by Gasteiger charge is 2.29. The van der Waals surface area contributed by atoms with E-state index in [4.69, 9.17) is 10.1 Å². The van der Waals surface area contributed by atoms with E-state index in [0.717, 1.165) is 6.42 Å². The lowest BCUT2D eigenvalue weighted by atomic mass is 10.2. The number of rotatable bonds is 3. The summed E-state index contributed by atoms with van der Waals surface area (Å²) >= 11 is 0. The number of hydrogen-bond donors (Lipinski definition) is 1. The van der Waals surface area contributed by atoms with E-state index in [1.807, 2.05) is 13.0 Å². The highest BCUT2D eigenvalue weighted by Crippen LogP contribution is 2.15. The van der Waals surface area contributed by atoms with Gasteiger partial charge >= 0.3 is 0 Å². The van der Waals surface area contributed by atoms with Gasteiger partial charge in [-0.25, -0.2) is 0 Å². The smallest absolute Gasteiger partial charge is 0.244 e. The summed E-state index contributed by atoms with van der Waals surface area (Å²) in [5.41, 5.74) is 0. The molecule has 1 aliphatic heterocycles. The molecule has 1 rings (SSSR count). The Hall–Kier alpha value is -1.54. The molecule has 0 aromatic heterocycles. The van der Waals surface area contributed by atoms with Crippen molar-refractivity contribution in [3.63, 3.8) is 0 Å². The van der Waals surface area contributed by atoms with Gasteiger partial charge in [-0.3, -0.25) is 4.79 Å². The first-order chi connectivity index (χ1) is 6.69. The molecule has 0 bridgehead atoms. The second kappa shape index (κ2) is 4.63. The predicted octanol–water partition coefficient (Wildman–Crippen LogP) is 0.166. The first kappa shape index (κ1) is 10.5. The van der Waals surface area contributed by atoms with Gasteiger partial charge in [0.2, 0.25) is 11.7 Å². The van der Waals surface area contributed by atoms with Gasteiger partial charge in [-0.1, -0.05) is 6.92 Å². The van der Waals surface area contributed by atoms with Crippen LogP contribution in [0.25, 0.3) is 0 Å². The van der Waals surface area contributed by atoms with E-state index in [0.29, 0.717) is 6.54 Å². The fraction of sp³-hybridized carbons (Fsp3) is 0.556. The van der Waals surface area contributed by atoms with Gasteiger partial charge in [0.15, 0.2) is 0 Å². The van der Waals surface area contributed by atoms with E-state index in [2.05, 4.69) is 5.32 Å². The van der Waals surface area contributed by atoms with E-state index in [9.17, 15) is 4.79 Å². The van der Waals surface area contributed by atoms with Gasteiger partial charge < -0.3 is 10.2 Å². The zero-order valence-electron chi connectivity index (χ0n) is 8.28. The van der Waals surface area contributed by atoms with Gasteiger partial charge in [0.1, 0.15) is 12.1 Å². The van der Waals surface area contributed by atoms with Crippen molar-refractivity contribution in [3.05, 3.63) is 11.8 Å². The minimum atomic E-state index is -0.490. The van der Waals surface area contributed by atoms with Crippen LogP contribution in [-0.2, 0) is 9.63 Å². The lowest BCUT2D eigenvalue weighted by molar-refractivity contribution is -0.139. The van der Waals surface area contributed by atoms with Gasteiger partial charge in [0.25, 0.3) is 0 Å². The molecule has 0 radical (unpaired) electrons. The maximum Gasteiger partial charge on any atom is 0.244 e. The molecule has 0 spiro atoms. The van der Waals surface area contributed by atoms with Crippen molar-refractivity contribution in [1.29, 1.82) is 5.26 Å². The molecule has 14 heavy (non-hydrogen) atoms. The van der Waals surface area contributed by atoms with Crippen LogP contribution < -0.4 is 5.32 Å². The molecule has 5 heteroatoms. The number of hydrogen-bond acceptors (Lipinski definition) is 4. The Bertz CT molecular complexity index is 293. The molecule has 1 aliphatic rings.